The molecule has 0 aromatic heterocycles. The quantitative estimate of drug-likeness (QED) is 0.703. The fourth-order valence-electron chi connectivity index (χ4n) is 2.57. The average Bonchev–Trinajstić information content (AvgIpc) is 2.86. The third-order valence-electron chi connectivity index (χ3n) is 4.05. The first-order chi connectivity index (χ1) is 10.6. The van der Waals surface area contributed by atoms with Crippen molar-refractivity contribution >= 4 is 12.0 Å². The Morgan fingerprint density at radius 2 is 1.91 bits per heavy atom. The van der Waals surface area contributed by atoms with Crippen LogP contribution in [0.4, 0.5) is 4.79 Å². The predicted octanol–water partition coefficient (Wildman–Crippen LogP) is 2.66. The molecular formula is C17H32N2O4. The summed E-state index contributed by atoms with van der Waals surface area (Å²) < 4.78 is 11.5. The van der Waals surface area contributed by atoms with Crippen molar-refractivity contribution in [2.24, 2.45) is 0 Å². The van der Waals surface area contributed by atoms with Crippen molar-refractivity contribution in [2.45, 2.75) is 64.6 Å². The van der Waals surface area contributed by atoms with E-state index in [9.17, 15) is 9.59 Å². The monoisotopic (exact) mass is 328 g/mol. The van der Waals surface area contributed by atoms with Crippen molar-refractivity contribution < 1.29 is 19.1 Å². The van der Waals surface area contributed by atoms with Crippen molar-refractivity contribution in [2.75, 3.05) is 33.8 Å². The van der Waals surface area contributed by atoms with E-state index in [1.165, 1.54) is 0 Å². The van der Waals surface area contributed by atoms with Crippen LogP contribution in [0.2, 0.25) is 0 Å². The molecule has 6 heteroatoms. The van der Waals surface area contributed by atoms with Crippen LogP contribution >= 0.6 is 0 Å². The lowest BCUT2D eigenvalue weighted by Crippen LogP contribution is -2.40. The molecule has 1 rings (SSSR count). The summed E-state index contributed by atoms with van der Waals surface area (Å²) in [6.45, 7) is 9.42. The van der Waals surface area contributed by atoms with Gasteiger partial charge >= 0.3 is 6.09 Å². The number of carbonyl (C=O) groups excluding carboxylic acids is 2. The molecule has 1 fully saturated rings. The lowest BCUT2D eigenvalue weighted by atomic mass is 10.00. The van der Waals surface area contributed by atoms with Crippen LogP contribution in [0.5, 0.6) is 0 Å². The van der Waals surface area contributed by atoms with Crippen LogP contribution in [0.1, 0.15) is 53.4 Å². The van der Waals surface area contributed by atoms with Gasteiger partial charge in [-0.2, -0.15) is 0 Å². The van der Waals surface area contributed by atoms with Crippen molar-refractivity contribution in [1.29, 1.82) is 0 Å². The normalized spacial score (nSPS) is 21.4. The molecule has 0 saturated carbocycles. The van der Waals surface area contributed by atoms with Crippen molar-refractivity contribution in [3.63, 3.8) is 0 Å². The van der Waals surface area contributed by atoms with Crippen LogP contribution in [0.15, 0.2) is 0 Å². The zero-order valence-corrected chi connectivity index (χ0v) is 15.5. The van der Waals surface area contributed by atoms with Crippen LogP contribution < -0.4 is 0 Å². The van der Waals surface area contributed by atoms with Gasteiger partial charge in [-0.25, -0.2) is 4.79 Å². The maximum absolute atomic E-state index is 12.2. The van der Waals surface area contributed by atoms with Gasteiger partial charge in [0, 0.05) is 33.7 Å². The number of amides is 2. The molecule has 1 heterocycles. The number of likely N-dealkylation sites (tertiary alicyclic amines) is 1. The highest BCUT2D eigenvalue weighted by atomic mass is 16.6. The fraction of sp³-hybridized carbons (Fsp3) is 0.882. The number of hydrogen-bond acceptors (Lipinski definition) is 4. The molecule has 0 aliphatic carbocycles. The van der Waals surface area contributed by atoms with E-state index in [0.29, 0.717) is 32.5 Å². The number of ether oxygens (including phenoxy) is 2. The van der Waals surface area contributed by atoms with Gasteiger partial charge in [-0.15, -0.1) is 0 Å². The predicted molar refractivity (Wildman–Crippen MR) is 89.3 cm³/mol. The second kappa shape index (κ2) is 7.99. The summed E-state index contributed by atoms with van der Waals surface area (Å²) in [6, 6.07) is 0. The van der Waals surface area contributed by atoms with E-state index in [0.717, 1.165) is 12.8 Å². The molecule has 1 aliphatic rings. The van der Waals surface area contributed by atoms with Crippen LogP contribution in [0.3, 0.4) is 0 Å². The Labute approximate surface area is 140 Å². The van der Waals surface area contributed by atoms with Gasteiger partial charge in [0.1, 0.15) is 5.60 Å². The molecule has 0 aromatic rings. The Kier molecular flexibility index (Phi) is 6.86. The second-order valence-electron chi connectivity index (χ2n) is 7.43. The summed E-state index contributed by atoms with van der Waals surface area (Å²) in [5.41, 5.74) is -0.792. The van der Waals surface area contributed by atoms with Gasteiger partial charge in [-0.05, 0) is 40.0 Å². The van der Waals surface area contributed by atoms with Crippen LogP contribution in [0, 0.1) is 0 Å². The van der Waals surface area contributed by atoms with Gasteiger partial charge in [-0.3, -0.25) is 4.79 Å². The molecule has 0 radical (unpaired) electrons. The molecule has 1 aliphatic heterocycles. The van der Waals surface area contributed by atoms with Crippen LogP contribution in [-0.2, 0) is 14.3 Å². The number of rotatable bonds is 6. The molecule has 0 aromatic carbocycles. The molecular weight excluding hydrogens is 296 g/mol. The number of hydrogen-bond donors (Lipinski definition) is 0. The maximum Gasteiger partial charge on any atom is 0.410 e. The molecule has 2 amide bonds. The van der Waals surface area contributed by atoms with Gasteiger partial charge in [0.25, 0.3) is 0 Å². The zero-order chi connectivity index (χ0) is 17.7. The summed E-state index contributed by atoms with van der Waals surface area (Å²) in [4.78, 5) is 27.0. The fourth-order valence-corrected chi connectivity index (χ4v) is 2.57. The second-order valence-corrected chi connectivity index (χ2v) is 7.43. The summed E-state index contributed by atoms with van der Waals surface area (Å²) in [5, 5.41) is 0. The third-order valence-corrected chi connectivity index (χ3v) is 4.05. The van der Waals surface area contributed by atoms with Crippen molar-refractivity contribution in [1.82, 2.24) is 9.80 Å². The minimum absolute atomic E-state index is 0.112. The minimum Gasteiger partial charge on any atom is -0.444 e. The van der Waals surface area contributed by atoms with Crippen molar-refractivity contribution in [3.8, 4) is 0 Å². The van der Waals surface area contributed by atoms with E-state index in [1.54, 1.807) is 23.9 Å². The first kappa shape index (κ1) is 19.7. The van der Waals surface area contributed by atoms with E-state index in [-0.39, 0.29) is 17.6 Å². The third kappa shape index (κ3) is 6.37. The maximum atomic E-state index is 12.2. The Bertz CT molecular complexity index is 417. The molecule has 134 valence electrons. The zero-order valence-electron chi connectivity index (χ0n) is 15.5. The van der Waals surface area contributed by atoms with Gasteiger partial charge < -0.3 is 19.3 Å². The number of carbonyl (C=O) groups is 2. The summed E-state index contributed by atoms with van der Waals surface area (Å²) >= 11 is 0. The van der Waals surface area contributed by atoms with E-state index in [2.05, 4.69) is 6.92 Å². The Morgan fingerprint density at radius 1 is 1.26 bits per heavy atom. The van der Waals surface area contributed by atoms with Crippen molar-refractivity contribution in [3.05, 3.63) is 0 Å². The van der Waals surface area contributed by atoms with Gasteiger partial charge in [0.2, 0.25) is 5.91 Å². The first-order valence-corrected chi connectivity index (χ1v) is 8.40. The molecule has 0 bridgehead atoms. The highest BCUT2D eigenvalue weighted by Gasteiger charge is 2.40. The SMILES string of the molecule is CCC1(OCCCC(=O)N(C)C)CCN(C(=O)OC(C)(C)C)C1. The largest absolute Gasteiger partial charge is 0.444 e. The molecule has 1 unspecified atom stereocenters. The van der Waals surface area contributed by atoms with Crippen LogP contribution in [-0.4, -0.2) is 66.8 Å². The van der Waals surface area contributed by atoms with E-state index >= 15 is 0 Å². The highest BCUT2D eigenvalue weighted by Crippen LogP contribution is 2.30. The first-order valence-electron chi connectivity index (χ1n) is 8.40. The molecule has 1 atom stereocenters. The topological polar surface area (TPSA) is 59.1 Å². The molecule has 0 N–H and O–H groups in total. The van der Waals surface area contributed by atoms with E-state index in [1.807, 2.05) is 20.8 Å². The lowest BCUT2D eigenvalue weighted by molar-refractivity contribution is -0.129. The van der Waals surface area contributed by atoms with E-state index in [4.69, 9.17) is 9.47 Å². The van der Waals surface area contributed by atoms with Gasteiger partial charge in [0.15, 0.2) is 0 Å². The molecule has 0 spiro atoms. The number of nitrogens with zero attached hydrogens (tertiary/aromatic N) is 2. The lowest BCUT2D eigenvalue weighted by Gasteiger charge is -2.29. The van der Waals surface area contributed by atoms with Gasteiger partial charge in [-0.1, -0.05) is 6.92 Å². The van der Waals surface area contributed by atoms with Gasteiger partial charge in [0.05, 0.1) is 12.1 Å². The Balaban J connectivity index is 2.44. The summed E-state index contributed by atoms with van der Waals surface area (Å²) in [7, 11) is 3.51. The molecule has 23 heavy (non-hydrogen) atoms. The molecule has 6 nitrogen and oxygen atoms in total. The van der Waals surface area contributed by atoms with E-state index < -0.39 is 5.60 Å². The molecule has 1 saturated heterocycles. The van der Waals surface area contributed by atoms with Crippen LogP contribution in [0.25, 0.3) is 0 Å². The summed E-state index contributed by atoms with van der Waals surface area (Å²) in [6.07, 6.45) is 2.56. The minimum atomic E-state index is -0.484. The Morgan fingerprint density at radius 3 is 2.43 bits per heavy atom. The Hall–Kier alpha value is -1.30. The summed E-state index contributed by atoms with van der Waals surface area (Å²) in [5.74, 6) is 0.112. The smallest absolute Gasteiger partial charge is 0.410 e. The average molecular weight is 328 g/mol. The standard InChI is InChI=1S/C17H32N2O4/c1-7-17(22-12-8-9-14(20)18(5)6)10-11-19(13-17)15(21)23-16(2,3)4/h7-13H2,1-6H3. The highest BCUT2D eigenvalue weighted by molar-refractivity contribution is 5.75.